The molecule has 5 aromatic rings. The van der Waals surface area contributed by atoms with Crippen LogP contribution < -0.4 is 10.1 Å². The summed E-state index contributed by atoms with van der Waals surface area (Å²) in [5.41, 5.74) is 12.9. The van der Waals surface area contributed by atoms with Gasteiger partial charge in [0.2, 0.25) is 5.90 Å². The molecule has 0 spiro atoms. The van der Waals surface area contributed by atoms with Gasteiger partial charge < -0.3 is 19.9 Å². The van der Waals surface area contributed by atoms with Gasteiger partial charge in [0.1, 0.15) is 5.75 Å². The number of nitrogens with one attached hydrogen (secondary N) is 1. The fourth-order valence-electron chi connectivity index (χ4n) is 6.36. The molecule has 0 aromatic heterocycles. The first kappa shape index (κ1) is 35.4. The van der Waals surface area contributed by atoms with Crippen molar-refractivity contribution in [3.8, 4) is 5.75 Å². The van der Waals surface area contributed by atoms with Gasteiger partial charge in [0.05, 0.1) is 13.2 Å². The number of rotatable bonds is 15. The van der Waals surface area contributed by atoms with Crippen molar-refractivity contribution in [2.24, 2.45) is 10.1 Å². The highest BCUT2D eigenvalue weighted by molar-refractivity contribution is 9.10. The fraction of sp³-hybridized carbons (Fsp3) is 0.220. The highest BCUT2D eigenvalue weighted by Gasteiger charge is 2.53. The smallest absolute Gasteiger partial charge is 0.252 e. The molecule has 0 fully saturated rings. The van der Waals surface area contributed by atoms with Gasteiger partial charge in [-0.15, -0.1) is 0 Å². The van der Waals surface area contributed by atoms with Crippen molar-refractivity contribution in [1.82, 2.24) is 5.32 Å². The summed E-state index contributed by atoms with van der Waals surface area (Å²) in [6.07, 6.45) is -0.0918. The molecule has 0 aliphatic carbocycles. The Balaban J connectivity index is 1.44. The summed E-state index contributed by atoms with van der Waals surface area (Å²) in [6.45, 7) is 0.848. The van der Waals surface area contributed by atoms with Gasteiger partial charge in [0.25, 0.3) is 5.91 Å². The number of hydrogen-bond acceptors (Lipinski definition) is 6. The normalized spacial score (nSPS) is 16.5. The second-order valence-electron chi connectivity index (χ2n) is 12.3. The average molecular weight is 745 g/mol. The van der Waals surface area contributed by atoms with E-state index in [0.29, 0.717) is 42.3 Å². The number of aliphatic hydroxyl groups is 1. The van der Waals surface area contributed by atoms with Gasteiger partial charge in [-0.05, 0) is 69.7 Å². The molecule has 10 heteroatoms. The number of carbonyl (C=O) groups excluding carboxylic acids is 1. The third kappa shape index (κ3) is 8.49. The largest absolute Gasteiger partial charge is 0.494 e. The molecule has 0 saturated carbocycles. The zero-order valence-electron chi connectivity index (χ0n) is 27.9. The van der Waals surface area contributed by atoms with Crippen molar-refractivity contribution in [3.05, 3.63) is 182 Å². The molecule has 1 aliphatic rings. The summed E-state index contributed by atoms with van der Waals surface area (Å²) in [6, 6.07) is 43.0. The van der Waals surface area contributed by atoms with E-state index in [1.807, 2.05) is 109 Å². The minimum absolute atomic E-state index is 0.0469. The predicted octanol–water partition coefficient (Wildman–Crippen LogP) is 8.47. The minimum Gasteiger partial charge on any atom is -0.494 e. The number of carbonyl (C=O) groups is 1. The zero-order chi connectivity index (χ0) is 35.5. The zero-order valence-corrected chi connectivity index (χ0v) is 29.5. The Hall–Kier alpha value is -5.41. The molecule has 9 nitrogen and oxygen atoms in total. The minimum atomic E-state index is -1.44. The fourth-order valence-corrected chi connectivity index (χ4v) is 6.63. The van der Waals surface area contributed by atoms with E-state index in [-0.39, 0.29) is 31.4 Å². The van der Waals surface area contributed by atoms with Crippen LogP contribution in [0.2, 0.25) is 0 Å². The standard InChI is InChI=1S/C41H38BrN5O4/c42-34-20-16-29(17-21-34)26-41(40(49)44-28-37(30-10-3-1-4-11-30)31-12-5-2-6-13-31)38(36-15-8-7-14-33(36)27-45-47-43)51-39(46-41)32-18-22-35(23-19-32)50-25-9-24-48/h1-8,10-23,37-38,48H,9,24-28H2,(H,44,49)/t38-,41-/m1/s1. The first-order valence-corrected chi connectivity index (χ1v) is 17.6. The molecule has 0 bridgehead atoms. The second-order valence-corrected chi connectivity index (χ2v) is 13.2. The van der Waals surface area contributed by atoms with Gasteiger partial charge >= 0.3 is 0 Å². The van der Waals surface area contributed by atoms with Gasteiger partial charge in [-0.2, -0.15) is 0 Å². The Kier molecular flexibility index (Phi) is 11.8. The second kappa shape index (κ2) is 17.0. The summed E-state index contributed by atoms with van der Waals surface area (Å²) in [7, 11) is 0. The van der Waals surface area contributed by atoms with E-state index in [4.69, 9.17) is 19.6 Å². The molecule has 1 heterocycles. The molecule has 6 rings (SSSR count). The number of amides is 1. The molecule has 0 saturated heterocycles. The Bertz CT molecular complexity index is 1950. The molecule has 51 heavy (non-hydrogen) atoms. The maximum atomic E-state index is 15.1. The van der Waals surface area contributed by atoms with Gasteiger partial charge in [-0.3, -0.25) is 4.79 Å². The SMILES string of the molecule is [N-]=[N+]=NCc1ccccc1[C@H]1OC(c2ccc(OCCCO)cc2)=N[C@@]1(Cc1ccc(Br)cc1)C(=O)NCC(c1ccccc1)c1ccccc1. The van der Waals surface area contributed by atoms with E-state index in [1.54, 1.807) is 0 Å². The van der Waals surface area contributed by atoms with Crippen molar-refractivity contribution >= 4 is 27.7 Å². The average Bonchev–Trinajstić information content (AvgIpc) is 3.56. The van der Waals surface area contributed by atoms with Crippen LogP contribution in [-0.2, 0) is 22.5 Å². The number of hydrogen-bond donors (Lipinski definition) is 2. The van der Waals surface area contributed by atoms with Crippen LogP contribution in [0.4, 0.5) is 0 Å². The first-order chi connectivity index (χ1) is 25.0. The monoisotopic (exact) mass is 743 g/mol. The Morgan fingerprint density at radius 1 is 0.922 bits per heavy atom. The van der Waals surface area contributed by atoms with Crippen LogP contribution in [0.15, 0.2) is 148 Å². The van der Waals surface area contributed by atoms with E-state index >= 15 is 4.79 Å². The molecule has 2 atom stereocenters. The third-order valence-electron chi connectivity index (χ3n) is 8.93. The lowest BCUT2D eigenvalue weighted by molar-refractivity contribution is -0.129. The molecule has 5 aromatic carbocycles. The lowest BCUT2D eigenvalue weighted by Crippen LogP contribution is -2.51. The van der Waals surface area contributed by atoms with Crippen LogP contribution >= 0.6 is 15.9 Å². The third-order valence-corrected chi connectivity index (χ3v) is 9.46. The van der Waals surface area contributed by atoms with Crippen molar-refractivity contribution in [2.75, 3.05) is 19.8 Å². The van der Waals surface area contributed by atoms with E-state index in [1.165, 1.54) is 0 Å². The van der Waals surface area contributed by atoms with Gasteiger partial charge in [-0.1, -0.05) is 118 Å². The maximum absolute atomic E-state index is 15.1. The molecule has 1 amide bonds. The number of nitrogens with zero attached hydrogens (tertiary/aromatic N) is 4. The summed E-state index contributed by atoms with van der Waals surface area (Å²) >= 11 is 3.54. The van der Waals surface area contributed by atoms with Crippen molar-refractivity contribution in [3.63, 3.8) is 0 Å². The maximum Gasteiger partial charge on any atom is 0.252 e. The van der Waals surface area contributed by atoms with Crippen molar-refractivity contribution in [2.45, 2.75) is 36.9 Å². The number of aliphatic hydroxyl groups excluding tert-OH is 1. The van der Waals surface area contributed by atoms with E-state index in [0.717, 1.165) is 26.7 Å². The van der Waals surface area contributed by atoms with E-state index in [9.17, 15) is 5.53 Å². The molecular formula is C41H38BrN5O4. The summed E-state index contributed by atoms with van der Waals surface area (Å²) in [5, 5.41) is 16.3. The summed E-state index contributed by atoms with van der Waals surface area (Å²) < 4.78 is 13.4. The molecule has 258 valence electrons. The molecular weight excluding hydrogens is 706 g/mol. The molecule has 2 N–H and O–H groups in total. The highest BCUT2D eigenvalue weighted by atomic mass is 79.9. The molecule has 1 aliphatic heterocycles. The predicted molar refractivity (Wildman–Crippen MR) is 202 cm³/mol. The van der Waals surface area contributed by atoms with Gasteiger partial charge in [-0.25, -0.2) is 4.99 Å². The molecule has 0 radical (unpaired) electrons. The van der Waals surface area contributed by atoms with E-state index < -0.39 is 11.6 Å². The van der Waals surface area contributed by atoms with Crippen LogP contribution in [-0.4, -0.2) is 42.2 Å². The van der Waals surface area contributed by atoms with Crippen LogP contribution in [0.5, 0.6) is 5.75 Å². The van der Waals surface area contributed by atoms with Gasteiger partial charge in [0, 0.05) is 46.9 Å². The van der Waals surface area contributed by atoms with Crippen LogP contribution in [0.25, 0.3) is 10.4 Å². The molecule has 0 unspecified atom stereocenters. The first-order valence-electron chi connectivity index (χ1n) is 16.8. The van der Waals surface area contributed by atoms with Gasteiger partial charge in [0.15, 0.2) is 11.6 Å². The summed E-state index contributed by atoms with van der Waals surface area (Å²) in [5.74, 6) is 0.565. The van der Waals surface area contributed by atoms with Crippen LogP contribution in [0, 0.1) is 0 Å². The lowest BCUT2D eigenvalue weighted by atomic mass is 9.80. The van der Waals surface area contributed by atoms with Crippen molar-refractivity contribution in [1.29, 1.82) is 0 Å². The van der Waals surface area contributed by atoms with Crippen LogP contribution in [0.3, 0.4) is 0 Å². The van der Waals surface area contributed by atoms with Crippen LogP contribution in [0.1, 0.15) is 51.8 Å². The number of aliphatic imine (C=N–C) groups is 1. The topological polar surface area (TPSA) is 129 Å². The summed E-state index contributed by atoms with van der Waals surface area (Å²) in [4.78, 5) is 23.3. The Morgan fingerprint density at radius 2 is 1.57 bits per heavy atom. The Morgan fingerprint density at radius 3 is 2.22 bits per heavy atom. The Labute approximate surface area is 305 Å². The number of azide groups is 1. The quantitative estimate of drug-likeness (QED) is 0.0482. The number of benzene rings is 5. The highest BCUT2D eigenvalue weighted by Crippen LogP contribution is 2.44. The number of halogens is 1. The van der Waals surface area contributed by atoms with Crippen molar-refractivity contribution < 1.29 is 19.4 Å². The number of ether oxygens (including phenoxy) is 2. The van der Waals surface area contributed by atoms with E-state index in [2.05, 4.69) is 55.5 Å². The lowest BCUT2D eigenvalue weighted by Gasteiger charge is -2.32.